The van der Waals surface area contributed by atoms with Crippen LogP contribution in [0.15, 0.2) is 37.4 Å². The van der Waals surface area contributed by atoms with E-state index in [9.17, 15) is 0 Å². The van der Waals surface area contributed by atoms with Crippen LogP contribution in [0.25, 0.3) is 6.08 Å². The van der Waals surface area contributed by atoms with Crippen LogP contribution in [0.4, 0.5) is 0 Å². The SMILES string of the molecule is [CH2]C(C=C)c1cccc(CO)c1C=C. The fraction of sp³-hybridized carbons (Fsp3) is 0.154. The van der Waals surface area contributed by atoms with Crippen LogP contribution in [0, 0.1) is 6.92 Å². The fourth-order valence-corrected chi connectivity index (χ4v) is 1.47. The molecule has 0 fully saturated rings. The Morgan fingerprint density at radius 3 is 2.57 bits per heavy atom. The first-order chi connectivity index (χ1) is 6.74. The van der Waals surface area contributed by atoms with Crippen LogP contribution in [-0.4, -0.2) is 5.11 Å². The summed E-state index contributed by atoms with van der Waals surface area (Å²) in [5.74, 6) is 0.0366. The summed E-state index contributed by atoms with van der Waals surface area (Å²) >= 11 is 0. The lowest BCUT2D eigenvalue weighted by molar-refractivity contribution is 0.281. The van der Waals surface area contributed by atoms with Crippen LogP contribution >= 0.6 is 0 Å². The third kappa shape index (κ3) is 1.94. The van der Waals surface area contributed by atoms with Gasteiger partial charge in [0.15, 0.2) is 0 Å². The molecule has 0 saturated carbocycles. The second-order valence-electron chi connectivity index (χ2n) is 3.12. The van der Waals surface area contributed by atoms with Crippen molar-refractivity contribution in [3.63, 3.8) is 0 Å². The minimum Gasteiger partial charge on any atom is -0.392 e. The minimum absolute atomic E-state index is 0.0268. The molecule has 1 atom stereocenters. The molecule has 1 aromatic carbocycles. The third-order valence-corrected chi connectivity index (χ3v) is 2.29. The Morgan fingerprint density at radius 2 is 2.07 bits per heavy atom. The van der Waals surface area contributed by atoms with E-state index in [-0.39, 0.29) is 12.5 Å². The van der Waals surface area contributed by atoms with Gasteiger partial charge in [0, 0.05) is 5.92 Å². The maximum absolute atomic E-state index is 9.13. The molecule has 1 aromatic rings. The number of benzene rings is 1. The third-order valence-electron chi connectivity index (χ3n) is 2.29. The molecule has 1 rings (SSSR count). The molecule has 73 valence electrons. The normalized spacial score (nSPS) is 12.1. The molecule has 14 heavy (non-hydrogen) atoms. The van der Waals surface area contributed by atoms with Gasteiger partial charge in [-0.05, 0) is 23.6 Å². The Balaban J connectivity index is 3.28. The largest absolute Gasteiger partial charge is 0.392 e. The second-order valence-corrected chi connectivity index (χ2v) is 3.12. The minimum atomic E-state index is 0.0268. The zero-order valence-corrected chi connectivity index (χ0v) is 8.24. The van der Waals surface area contributed by atoms with Crippen LogP contribution in [-0.2, 0) is 6.61 Å². The Morgan fingerprint density at radius 1 is 1.36 bits per heavy atom. The zero-order chi connectivity index (χ0) is 10.6. The van der Waals surface area contributed by atoms with Crippen molar-refractivity contribution in [2.24, 2.45) is 0 Å². The van der Waals surface area contributed by atoms with Crippen molar-refractivity contribution < 1.29 is 5.11 Å². The summed E-state index contributed by atoms with van der Waals surface area (Å²) in [5, 5.41) is 9.13. The van der Waals surface area contributed by atoms with Gasteiger partial charge in [0.2, 0.25) is 0 Å². The first-order valence-corrected chi connectivity index (χ1v) is 4.55. The maximum Gasteiger partial charge on any atom is 0.0687 e. The molecular weight excluding hydrogens is 172 g/mol. The average Bonchev–Trinajstić information content (AvgIpc) is 2.26. The van der Waals surface area contributed by atoms with Gasteiger partial charge in [0.05, 0.1) is 6.61 Å². The highest BCUT2D eigenvalue weighted by molar-refractivity contribution is 5.58. The van der Waals surface area contributed by atoms with E-state index in [1.807, 2.05) is 18.2 Å². The monoisotopic (exact) mass is 187 g/mol. The van der Waals surface area contributed by atoms with Crippen molar-refractivity contribution in [2.75, 3.05) is 0 Å². The molecule has 1 unspecified atom stereocenters. The molecule has 0 spiro atoms. The number of aliphatic hydroxyl groups is 1. The van der Waals surface area contributed by atoms with Crippen molar-refractivity contribution in [1.29, 1.82) is 0 Å². The van der Waals surface area contributed by atoms with Gasteiger partial charge in [0.1, 0.15) is 0 Å². The number of rotatable bonds is 4. The summed E-state index contributed by atoms with van der Waals surface area (Å²) in [4.78, 5) is 0. The summed E-state index contributed by atoms with van der Waals surface area (Å²) in [6, 6.07) is 5.78. The van der Waals surface area contributed by atoms with Crippen LogP contribution < -0.4 is 0 Å². The molecule has 0 amide bonds. The van der Waals surface area contributed by atoms with Gasteiger partial charge < -0.3 is 5.11 Å². The Hall–Kier alpha value is -1.34. The highest BCUT2D eigenvalue weighted by atomic mass is 16.3. The first kappa shape index (κ1) is 10.7. The summed E-state index contributed by atoms with van der Waals surface area (Å²) < 4.78 is 0. The second kappa shape index (κ2) is 4.77. The molecule has 0 aromatic heterocycles. The van der Waals surface area contributed by atoms with Crippen molar-refractivity contribution in [2.45, 2.75) is 12.5 Å². The Kier molecular flexibility index (Phi) is 3.66. The van der Waals surface area contributed by atoms with Gasteiger partial charge in [-0.25, -0.2) is 0 Å². The predicted octanol–water partition coefficient (Wildman–Crippen LogP) is 2.93. The Labute approximate surface area is 85.4 Å². The number of aliphatic hydroxyl groups excluding tert-OH is 1. The van der Waals surface area contributed by atoms with Gasteiger partial charge >= 0.3 is 0 Å². The van der Waals surface area contributed by atoms with E-state index in [1.165, 1.54) is 0 Å². The molecule has 1 radical (unpaired) electrons. The highest BCUT2D eigenvalue weighted by Gasteiger charge is 2.08. The molecule has 1 nitrogen and oxygen atoms in total. The maximum atomic E-state index is 9.13. The van der Waals surface area contributed by atoms with Crippen molar-refractivity contribution in [3.05, 3.63) is 61.0 Å². The summed E-state index contributed by atoms with van der Waals surface area (Å²) in [6.07, 6.45) is 3.53. The standard InChI is InChI=1S/C13H15O/c1-4-10(3)13-8-6-7-11(9-14)12(13)5-2/h4-8,10,14H,1-3,9H2. The summed E-state index contributed by atoms with van der Waals surface area (Å²) in [5.41, 5.74) is 2.91. The molecule has 1 N–H and O–H groups in total. The lowest BCUT2D eigenvalue weighted by Gasteiger charge is -2.13. The van der Waals surface area contributed by atoms with E-state index in [2.05, 4.69) is 20.1 Å². The molecule has 0 heterocycles. The average molecular weight is 187 g/mol. The topological polar surface area (TPSA) is 20.2 Å². The van der Waals surface area contributed by atoms with E-state index in [1.54, 1.807) is 12.2 Å². The van der Waals surface area contributed by atoms with Gasteiger partial charge in [-0.1, -0.05) is 36.9 Å². The van der Waals surface area contributed by atoms with Crippen LogP contribution in [0.5, 0.6) is 0 Å². The molecular formula is C13H15O. The molecule has 0 aliphatic rings. The van der Waals surface area contributed by atoms with Crippen molar-refractivity contribution in [1.82, 2.24) is 0 Å². The van der Waals surface area contributed by atoms with Crippen LogP contribution in [0.2, 0.25) is 0 Å². The smallest absolute Gasteiger partial charge is 0.0687 e. The van der Waals surface area contributed by atoms with Crippen molar-refractivity contribution >= 4 is 6.08 Å². The first-order valence-electron chi connectivity index (χ1n) is 4.55. The van der Waals surface area contributed by atoms with E-state index in [4.69, 9.17) is 5.11 Å². The van der Waals surface area contributed by atoms with Gasteiger partial charge in [-0.2, -0.15) is 0 Å². The van der Waals surface area contributed by atoms with Crippen molar-refractivity contribution in [3.8, 4) is 0 Å². The number of allylic oxidation sites excluding steroid dienone is 1. The molecule has 0 bridgehead atoms. The predicted molar refractivity (Wildman–Crippen MR) is 60.8 cm³/mol. The van der Waals surface area contributed by atoms with Gasteiger partial charge in [-0.15, -0.1) is 6.58 Å². The van der Waals surface area contributed by atoms with Gasteiger partial charge in [-0.3, -0.25) is 0 Å². The summed E-state index contributed by atoms with van der Waals surface area (Å²) in [6.45, 7) is 11.4. The number of hydrogen-bond acceptors (Lipinski definition) is 1. The molecule has 0 saturated heterocycles. The van der Waals surface area contributed by atoms with Crippen LogP contribution in [0.3, 0.4) is 0 Å². The highest BCUT2D eigenvalue weighted by Crippen LogP contribution is 2.24. The van der Waals surface area contributed by atoms with E-state index in [0.29, 0.717) is 0 Å². The molecule has 0 aliphatic carbocycles. The lowest BCUT2D eigenvalue weighted by atomic mass is 9.92. The zero-order valence-electron chi connectivity index (χ0n) is 8.24. The quantitative estimate of drug-likeness (QED) is 0.718. The van der Waals surface area contributed by atoms with Crippen LogP contribution in [0.1, 0.15) is 22.6 Å². The fourth-order valence-electron chi connectivity index (χ4n) is 1.47. The van der Waals surface area contributed by atoms with E-state index < -0.39 is 0 Å². The number of hydrogen-bond donors (Lipinski definition) is 1. The summed E-state index contributed by atoms with van der Waals surface area (Å²) in [7, 11) is 0. The molecule has 1 heteroatoms. The molecule has 0 aliphatic heterocycles. The lowest BCUT2D eigenvalue weighted by Crippen LogP contribution is -1.98. The van der Waals surface area contributed by atoms with E-state index in [0.717, 1.165) is 16.7 Å². The van der Waals surface area contributed by atoms with Gasteiger partial charge in [0.25, 0.3) is 0 Å². The Bertz CT molecular complexity index is 339. The van der Waals surface area contributed by atoms with E-state index >= 15 is 0 Å².